The normalized spacial score (nSPS) is 17.7. The molecular formula is C20H27NO4S. The van der Waals surface area contributed by atoms with E-state index in [1.165, 1.54) is 0 Å². The van der Waals surface area contributed by atoms with Crippen LogP contribution in [0.15, 0.2) is 41.3 Å². The summed E-state index contributed by atoms with van der Waals surface area (Å²) in [6.07, 6.45) is 5.10. The van der Waals surface area contributed by atoms with E-state index in [4.69, 9.17) is 9.47 Å². The molecule has 0 radical (unpaired) electrons. The molecule has 1 aliphatic heterocycles. The molecular weight excluding hydrogens is 350 g/mol. The lowest BCUT2D eigenvalue weighted by atomic mass is 10.1. The number of rotatable bonds is 9. The van der Waals surface area contributed by atoms with E-state index in [0.29, 0.717) is 25.1 Å². The molecule has 1 N–H and O–H groups in total. The van der Waals surface area contributed by atoms with E-state index in [-0.39, 0.29) is 11.0 Å². The lowest BCUT2D eigenvalue weighted by Gasteiger charge is -2.15. The highest BCUT2D eigenvalue weighted by atomic mass is 32.2. The highest BCUT2D eigenvalue weighted by molar-refractivity contribution is 7.89. The van der Waals surface area contributed by atoms with Crippen molar-refractivity contribution in [1.29, 1.82) is 0 Å². The Hall–Kier alpha value is -1.63. The summed E-state index contributed by atoms with van der Waals surface area (Å²) in [5.74, 6) is 0.731. The number of nitrogens with one attached hydrogen (secondary N) is 1. The standard InChI is InChI=1S/C20H27NO4S/c1-2-3-6-13-25-19-11-12-20(18-10-5-4-9-17(18)19)26(22,23)21-15-16-8-7-14-24-16/h4-5,9-12,16,21H,2-3,6-8,13-15H2,1H3/t16-/m0/s1. The Labute approximate surface area is 155 Å². The maximum atomic E-state index is 12.8. The van der Waals surface area contributed by atoms with Gasteiger partial charge < -0.3 is 9.47 Å². The molecule has 1 atom stereocenters. The highest BCUT2D eigenvalue weighted by Crippen LogP contribution is 2.31. The first-order valence-electron chi connectivity index (χ1n) is 9.37. The van der Waals surface area contributed by atoms with Gasteiger partial charge in [0.05, 0.1) is 17.6 Å². The molecule has 5 nitrogen and oxygen atoms in total. The number of fused-ring (bicyclic) bond motifs is 1. The zero-order chi connectivity index (χ0) is 18.4. The Kier molecular flexibility index (Phi) is 6.51. The van der Waals surface area contributed by atoms with Crippen LogP contribution in [0.2, 0.25) is 0 Å². The number of hydrogen-bond acceptors (Lipinski definition) is 4. The Morgan fingerprint density at radius 2 is 1.96 bits per heavy atom. The zero-order valence-electron chi connectivity index (χ0n) is 15.2. The predicted octanol–water partition coefficient (Wildman–Crippen LogP) is 3.87. The quantitative estimate of drug-likeness (QED) is 0.674. The molecule has 2 aromatic carbocycles. The number of hydrogen-bond donors (Lipinski definition) is 1. The van der Waals surface area contributed by atoms with E-state index in [0.717, 1.165) is 43.2 Å². The first-order chi connectivity index (χ1) is 12.6. The smallest absolute Gasteiger partial charge is 0.241 e. The first-order valence-corrected chi connectivity index (χ1v) is 10.9. The van der Waals surface area contributed by atoms with Crippen LogP contribution in [-0.2, 0) is 14.8 Å². The fourth-order valence-electron chi connectivity index (χ4n) is 3.22. The molecule has 0 spiro atoms. The van der Waals surface area contributed by atoms with Gasteiger partial charge in [-0.15, -0.1) is 0 Å². The maximum absolute atomic E-state index is 12.8. The summed E-state index contributed by atoms with van der Waals surface area (Å²) in [6.45, 7) is 3.81. The van der Waals surface area contributed by atoms with Crippen LogP contribution in [0.5, 0.6) is 5.75 Å². The minimum atomic E-state index is -3.61. The van der Waals surface area contributed by atoms with Gasteiger partial charge in [0.1, 0.15) is 5.75 Å². The third kappa shape index (κ3) is 4.55. The summed E-state index contributed by atoms with van der Waals surface area (Å²) in [7, 11) is -3.61. The Morgan fingerprint density at radius 3 is 2.69 bits per heavy atom. The van der Waals surface area contributed by atoms with Crippen LogP contribution in [0.4, 0.5) is 0 Å². The van der Waals surface area contributed by atoms with Crippen molar-refractivity contribution < 1.29 is 17.9 Å². The van der Waals surface area contributed by atoms with Gasteiger partial charge in [-0.1, -0.05) is 44.0 Å². The van der Waals surface area contributed by atoms with Crippen molar-refractivity contribution in [3.63, 3.8) is 0 Å². The maximum Gasteiger partial charge on any atom is 0.241 e. The molecule has 0 bridgehead atoms. The van der Waals surface area contributed by atoms with Crippen molar-refractivity contribution in [1.82, 2.24) is 4.72 Å². The minimum absolute atomic E-state index is 0.0304. The molecule has 142 valence electrons. The fourth-order valence-corrected chi connectivity index (χ4v) is 4.50. The summed E-state index contributed by atoms with van der Waals surface area (Å²) in [5.41, 5.74) is 0. The van der Waals surface area contributed by atoms with Gasteiger partial charge in [0.2, 0.25) is 10.0 Å². The summed E-state index contributed by atoms with van der Waals surface area (Å²) in [4.78, 5) is 0.284. The highest BCUT2D eigenvalue weighted by Gasteiger charge is 2.22. The molecule has 0 unspecified atom stereocenters. The van der Waals surface area contributed by atoms with Gasteiger partial charge in [-0.05, 0) is 31.4 Å². The Balaban J connectivity index is 1.82. The van der Waals surface area contributed by atoms with Crippen molar-refractivity contribution in [2.75, 3.05) is 19.8 Å². The number of unbranched alkanes of at least 4 members (excludes halogenated alkanes) is 2. The average molecular weight is 378 g/mol. The second-order valence-corrected chi connectivity index (χ2v) is 8.39. The van der Waals surface area contributed by atoms with Gasteiger partial charge in [0.25, 0.3) is 0 Å². The van der Waals surface area contributed by atoms with E-state index in [1.54, 1.807) is 12.1 Å². The first kappa shape index (κ1) is 19.1. The number of benzene rings is 2. The van der Waals surface area contributed by atoms with E-state index in [9.17, 15) is 8.42 Å². The summed E-state index contributed by atoms with van der Waals surface area (Å²) in [5, 5.41) is 1.50. The topological polar surface area (TPSA) is 64.6 Å². The van der Waals surface area contributed by atoms with E-state index in [2.05, 4.69) is 11.6 Å². The minimum Gasteiger partial charge on any atom is -0.493 e. The molecule has 3 rings (SSSR count). The van der Waals surface area contributed by atoms with Crippen LogP contribution in [0.1, 0.15) is 39.0 Å². The van der Waals surface area contributed by atoms with E-state index < -0.39 is 10.0 Å². The van der Waals surface area contributed by atoms with Gasteiger partial charge in [-0.2, -0.15) is 0 Å². The SMILES string of the molecule is CCCCCOc1ccc(S(=O)(=O)NC[C@@H]2CCCO2)c2ccccc12. The Morgan fingerprint density at radius 1 is 1.15 bits per heavy atom. The summed E-state index contributed by atoms with van der Waals surface area (Å²) >= 11 is 0. The van der Waals surface area contributed by atoms with Gasteiger partial charge in [-0.25, -0.2) is 13.1 Å². The molecule has 0 amide bonds. The second-order valence-electron chi connectivity index (χ2n) is 6.65. The Bertz CT molecular complexity index is 829. The van der Waals surface area contributed by atoms with Crippen LogP contribution < -0.4 is 9.46 Å². The zero-order valence-corrected chi connectivity index (χ0v) is 16.1. The fraction of sp³-hybridized carbons (Fsp3) is 0.500. The lowest BCUT2D eigenvalue weighted by molar-refractivity contribution is 0.114. The van der Waals surface area contributed by atoms with Crippen molar-refractivity contribution in [2.45, 2.75) is 50.0 Å². The summed E-state index contributed by atoms with van der Waals surface area (Å²) < 4.78 is 39.7. The van der Waals surface area contributed by atoms with E-state index in [1.807, 2.05) is 24.3 Å². The second kappa shape index (κ2) is 8.84. The molecule has 0 aliphatic carbocycles. The van der Waals surface area contributed by atoms with Gasteiger partial charge >= 0.3 is 0 Å². The molecule has 0 aromatic heterocycles. The van der Waals surface area contributed by atoms with Gasteiger partial charge in [-0.3, -0.25) is 0 Å². The van der Waals surface area contributed by atoms with Crippen LogP contribution >= 0.6 is 0 Å². The summed E-state index contributed by atoms with van der Waals surface area (Å²) in [6, 6.07) is 10.9. The van der Waals surface area contributed by atoms with Crippen LogP contribution in [-0.4, -0.2) is 34.3 Å². The number of sulfonamides is 1. The van der Waals surface area contributed by atoms with Crippen molar-refractivity contribution >= 4 is 20.8 Å². The van der Waals surface area contributed by atoms with Crippen LogP contribution in [0.25, 0.3) is 10.8 Å². The molecule has 1 fully saturated rings. The molecule has 26 heavy (non-hydrogen) atoms. The molecule has 1 saturated heterocycles. The third-order valence-corrected chi connectivity index (χ3v) is 6.15. The largest absolute Gasteiger partial charge is 0.493 e. The van der Waals surface area contributed by atoms with E-state index >= 15 is 0 Å². The molecule has 1 heterocycles. The molecule has 6 heteroatoms. The van der Waals surface area contributed by atoms with Gasteiger partial charge in [0, 0.05) is 23.9 Å². The lowest BCUT2D eigenvalue weighted by Crippen LogP contribution is -2.31. The van der Waals surface area contributed by atoms with Crippen molar-refractivity contribution in [3.05, 3.63) is 36.4 Å². The molecule has 0 saturated carbocycles. The van der Waals surface area contributed by atoms with Crippen molar-refractivity contribution in [2.24, 2.45) is 0 Å². The van der Waals surface area contributed by atoms with Crippen LogP contribution in [0.3, 0.4) is 0 Å². The average Bonchev–Trinajstić information content (AvgIpc) is 3.17. The van der Waals surface area contributed by atoms with Crippen LogP contribution in [0, 0.1) is 0 Å². The third-order valence-electron chi connectivity index (χ3n) is 4.66. The monoisotopic (exact) mass is 377 g/mol. The van der Waals surface area contributed by atoms with Gasteiger partial charge in [0.15, 0.2) is 0 Å². The molecule has 2 aromatic rings. The number of ether oxygens (including phenoxy) is 2. The predicted molar refractivity (Wildman–Crippen MR) is 103 cm³/mol. The molecule has 1 aliphatic rings. The van der Waals surface area contributed by atoms with Crippen molar-refractivity contribution in [3.8, 4) is 5.75 Å².